The van der Waals surface area contributed by atoms with Crippen molar-refractivity contribution in [2.45, 2.75) is 19.4 Å². The number of nitrogens with zero attached hydrogens (tertiary/aromatic N) is 2. The first-order valence-corrected chi connectivity index (χ1v) is 4.49. The van der Waals surface area contributed by atoms with Crippen LogP contribution >= 0.6 is 23.2 Å². The quantitative estimate of drug-likeness (QED) is 0.736. The van der Waals surface area contributed by atoms with Crippen LogP contribution in [0.3, 0.4) is 0 Å². The minimum absolute atomic E-state index is 0.0396. The van der Waals surface area contributed by atoms with Crippen molar-refractivity contribution in [1.82, 2.24) is 9.97 Å². The van der Waals surface area contributed by atoms with Crippen LogP contribution in [0.4, 0.5) is 5.95 Å². The average Bonchev–Trinajstić information content (AvgIpc) is 1.96. The minimum Gasteiger partial charge on any atom is -0.368 e. The predicted molar refractivity (Wildman–Crippen MR) is 53.8 cm³/mol. The molecule has 1 unspecified atom stereocenters. The standard InChI is InChI=1S/C7H10Cl2N4/c1-3(10)2-4-5(8)12-7(11)13-6(4)9/h3H,2,10H2,1H3,(H2,11,12,13). The molecule has 1 atom stereocenters. The number of aromatic nitrogens is 2. The van der Waals surface area contributed by atoms with E-state index >= 15 is 0 Å². The van der Waals surface area contributed by atoms with Gasteiger partial charge in [0, 0.05) is 11.6 Å². The van der Waals surface area contributed by atoms with Crippen molar-refractivity contribution >= 4 is 29.2 Å². The highest BCUT2D eigenvalue weighted by molar-refractivity contribution is 6.34. The summed E-state index contributed by atoms with van der Waals surface area (Å²) in [7, 11) is 0. The Labute approximate surface area is 86.3 Å². The maximum absolute atomic E-state index is 5.81. The summed E-state index contributed by atoms with van der Waals surface area (Å²) in [6.45, 7) is 1.85. The minimum atomic E-state index is -0.0396. The van der Waals surface area contributed by atoms with E-state index in [9.17, 15) is 0 Å². The summed E-state index contributed by atoms with van der Waals surface area (Å²) in [6, 6.07) is -0.0396. The summed E-state index contributed by atoms with van der Waals surface area (Å²) in [4.78, 5) is 7.56. The van der Waals surface area contributed by atoms with Crippen molar-refractivity contribution in [2.24, 2.45) is 5.73 Å². The fraction of sp³-hybridized carbons (Fsp3) is 0.429. The van der Waals surface area contributed by atoms with Gasteiger partial charge in [0.15, 0.2) is 0 Å². The highest BCUT2D eigenvalue weighted by Crippen LogP contribution is 2.22. The van der Waals surface area contributed by atoms with Gasteiger partial charge in [-0.05, 0) is 13.3 Å². The average molecular weight is 221 g/mol. The summed E-state index contributed by atoms with van der Waals surface area (Å²) in [5.74, 6) is 0.0726. The second kappa shape index (κ2) is 4.09. The number of halogens is 2. The van der Waals surface area contributed by atoms with Gasteiger partial charge < -0.3 is 11.5 Å². The second-order valence-electron chi connectivity index (χ2n) is 2.82. The number of hydrogen-bond donors (Lipinski definition) is 2. The Hall–Kier alpha value is -0.580. The second-order valence-corrected chi connectivity index (χ2v) is 3.54. The lowest BCUT2D eigenvalue weighted by atomic mass is 10.1. The van der Waals surface area contributed by atoms with Gasteiger partial charge in [-0.2, -0.15) is 0 Å². The molecule has 72 valence electrons. The first-order valence-electron chi connectivity index (χ1n) is 3.73. The lowest BCUT2D eigenvalue weighted by Crippen LogP contribution is -2.19. The molecule has 0 spiro atoms. The molecule has 0 aliphatic heterocycles. The van der Waals surface area contributed by atoms with E-state index < -0.39 is 0 Å². The number of hydrogen-bond acceptors (Lipinski definition) is 4. The zero-order chi connectivity index (χ0) is 10.0. The Kier molecular flexibility index (Phi) is 3.30. The monoisotopic (exact) mass is 220 g/mol. The largest absolute Gasteiger partial charge is 0.368 e. The Balaban J connectivity index is 3.06. The van der Waals surface area contributed by atoms with Gasteiger partial charge in [0.05, 0.1) is 0 Å². The molecule has 0 amide bonds. The maximum atomic E-state index is 5.81. The molecule has 0 fully saturated rings. The molecule has 0 aromatic carbocycles. The molecule has 1 heterocycles. The molecule has 4 nitrogen and oxygen atoms in total. The van der Waals surface area contributed by atoms with Crippen LogP contribution < -0.4 is 11.5 Å². The molecule has 1 aromatic heterocycles. The predicted octanol–water partition coefficient (Wildman–Crippen LogP) is 1.26. The Morgan fingerprint density at radius 1 is 1.31 bits per heavy atom. The molecule has 0 radical (unpaired) electrons. The van der Waals surface area contributed by atoms with Crippen LogP contribution in [-0.2, 0) is 6.42 Å². The van der Waals surface area contributed by atoms with Crippen LogP contribution in [-0.4, -0.2) is 16.0 Å². The summed E-state index contributed by atoms with van der Waals surface area (Å²) in [5, 5.41) is 0.546. The Morgan fingerprint density at radius 2 is 1.77 bits per heavy atom. The molecule has 0 saturated carbocycles. The smallest absolute Gasteiger partial charge is 0.222 e. The van der Waals surface area contributed by atoms with Crippen LogP contribution in [0, 0.1) is 0 Å². The van der Waals surface area contributed by atoms with Crippen molar-refractivity contribution in [3.63, 3.8) is 0 Å². The van der Waals surface area contributed by atoms with Crippen LogP contribution in [0.2, 0.25) is 10.3 Å². The molecule has 0 bridgehead atoms. The van der Waals surface area contributed by atoms with Crippen LogP contribution in [0.15, 0.2) is 0 Å². The zero-order valence-corrected chi connectivity index (χ0v) is 8.60. The number of nitrogen functional groups attached to an aromatic ring is 1. The van der Waals surface area contributed by atoms with E-state index in [1.165, 1.54) is 0 Å². The van der Waals surface area contributed by atoms with Crippen molar-refractivity contribution in [2.75, 3.05) is 5.73 Å². The van der Waals surface area contributed by atoms with E-state index in [1.807, 2.05) is 6.92 Å². The molecule has 4 N–H and O–H groups in total. The first kappa shape index (κ1) is 10.5. The molecule has 1 rings (SSSR count). The summed E-state index contributed by atoms with van der Waals surface area (Å²) in [5.41, 5.74) is 11.6. The molecule has 0 aliphatic rings. The van der Waals surface area contributed by atoms with E-state index in [0.717, 1.165) is 0 Å². The molecule has 1 aromatic rings. The van der Waals surface area contributed by atoms with Gasteiger partial charge in [0.1, 0.15) is 10.3 Å². The summed E-state index contributed by atoms with van der Waals surface area (Å²) >= 11 is 11.6. The SMILES string of the molecule is CC(N)Cc1c(Cl)nc(N)nc1Cl. The fourth-order valence-electron chi connectivity index (χ4n) is 0.937. The Bertz CT molecular complexity index is 290. The van der Waals surface area contributed by atoms with Crippen molar-refractivity contribution in [1.29, 1.82) is 0 Å². The van der Waals surface area contributed by atoms with Gasteiger partial charge in [-0.3, -0.25) is 0 Å². The van der Waals surface area contributed by atoms with Gasteiger partial charge in [0.25, 0.3) is 0 Å². The molecular formula is C7H10Cl2N4. The van der Waals surface area contributed by atoms with Crippen molar-refractivity contribution < 1.29 is 0 Å². The number of anilines is 1. The topological polar surface area (TPSA) is 77.8 Å². The Morgan fingerprint density at radius 3 is 2.15 bits per heavy atom. The van der Waals surface area contributed by atoms with Crippen molar-refractivity contribution in [3.05, 3.63) is 15.9 Å². The molecule has 13 heavy (non-hydrogen) atoms. The lowest BCUT2D eigenvalue weighted by molar-refractivity contribution is 0.733. The van der Waals surface area contributed by atoms with Gasteiger partial charge in [-0.15, -0.1) is 0 Å². The molecular weight excluding hydrogens is 211 g/mol. The maximum Gasteiger partial charge on any atom is 0.222 e. The van der Waals surface area contributed by atoms with E-state index in [4.69, 9.17) is 34.7 Å². The summed E-state index contributed by atoms with van der Waals surface area (Å²) in [6.07, 6.45) is 0.540. The van der Waals surface area contributed by atoms with Crippen LogP contribution in [0.25, 0.3) is 0 Å². The van der Waals surface area contributed by atoms with E-state index in [2.05, 4.69) is 9.97 Å². The normalized spacial score (nSPS) is 12.9. The van der Waals surface area contributed by atoms with Gasteiger partial charge in [-0.1, -0.05) is 23.2 Å². The van der Waals surface area contributed by atoms with Crippen molar-refractivity contribution in [3.8, 4) is 0 Å². The van der Waals surface area contributed by atoms with Gasteiger partial charge >= 0.3 is 0 Å². The highest BCUT2D eigenvalue weighted by Gasteiger charge is 2.11. The van der Waals surface area contributed by atoms with Crippen LogP contribution in [0.1, 0.15) is 12.5 Å². The summed E-state index contributed by atoms with van der Waals surface area (Å²) < 4.78 is 0. The third kappa shape index (κ3) is 2.69. The lowest BCUT2D eigenvalue weighted by Gasteiger charge is -2.08. The van der Waals surface area contributed by atoms with Gasteiger partial charge in [0.2, 0.25) is 5.95 Å². The molecule has 0 saturated heterocycles. The number of rotatable bonds is 2. The third-order valence-electron chi connectivity index (χ3n) is 1.45. The number of nitrogens with two attached hydrogens (primary N) is 2. The molecule has 0 aliphatic carbocycles. The van der Waals surface area contributed by atoms with Gasteiger partial charge in [-0.25, -0.2) is 9.97 Å². The van der Waals surface area contributed by atoms with E-state index in [0.29, 0.717) is 12.0 Å². The van der Waals surface area contributed by atoms with E-state index in [1.54, 1.807) is 0 Å². The molecule has 6 heteroatoms. The first-order chi connectivity index (χ1) is 6.00. The fourth-order valence-corrected chi connectivity index (χ4v) is 1.49. The van der Waals surface area contributed by atoms with Crippen LogP contribution in [0.5, 0.6) is 0 Å². The van der Waals surface area contributed by atoms with E-state index in [-0.39, 0.29) is 22.3 Å². The zero-order valence-electron chi connectivity index (χ0n) is 7.09. The third-order valence-corrected chi connectivity index (χ3v) is 2.07. The highest BCUT2D eigenvalue weighted by atomic mass is 35.5.